The molecule has 1 rings (SSSR count). The average Bonchev–Trinajstić information content (AvgIpc) is 1.99. The molecular formula is C11H17BF4Pd-. The van der Waals surface area contributed by atoms with Crippen LogP contribution in [0.4, 0.5) is 17.3 Å². The first-order valence-corrected chi connectivity index (χ1v) is 4.99. The maximum Gasteiger partial charge on any atom is 0.673 e. The van der Waals surface area contributed by atoms with Crippen molar-refractivity contribution in [1.82, 2.24) is 0 Å². The summed E-state index contributed by atoms with van der Waals surface area (Å²) in [6.45, 7) is 6.50. The van der Waals surface area contributed by atoms with E-state index in [0.29, 0.717) is 0 Å². The minimum atomic E-state index is -6.00. The van der Waals surface area contributed by atoms with Gasteiger partial charge in [0.1, 0.15) is 0 Å². The van der Waals surface area contributed by atoms with Gasteiger partial charge in [-0.15, -0.1) is 6.58 Å². The van der Waals surface area contributed by atoms with Crippen molar-refractivity contribution in [2.24, 2.45) is 0 Å². The third-order valence-electron chi connectivity index (χ3n) is 1.33. The van der Waals surface area contributed by atoms with Gasteiger partial charge in [-0.1, -0.05) is 30.4 Å². The van der Waals surface area contributed by atoms with E-state index in [-0.39, 0.29) is 20.4 Å². The number of rotatable bonds is 0. The molecule has 0 bridgehead atoms. The Balaban J connectivity index is -0.000000191. The van der Waals surface area contributed by atoms with Crippen LogP contribution in [-0.2, 0) is 20.4 Å². The van der Waals surface area contributed by atoms with Crippen molar-refractivity contribution in [2.45, 2.75) is 25.7 Å². The Kier molecular flexibility index (Phi) is 20.2. The van der Waals surface area contributed by atoms with E-state index in [1.165, 1.54) is 31.8 Å². The molecule has 103 valence electrons. The van der Waals surface area contributed by atoms with E-state index in [4.69, 9.17) is 0 Å². The molecule has 0 N–H and O–H groups in total. The van der Waals surface area contributed by atoms with E-state index >= 15 is 0 Å². The zero-order chi connectivity index (χ0) is 12.9. The largest absolute Gasteiger partial charge is 0.673 e. The van der Waals surface area contributed by atoms with E-state index in [0.717, 1.165) is 0 Å². The minimum absolute atomic E-state index is 0. The van der Waals surface area contributed by atoms with Gasteiger partial charge < -0.3 is 17.3 Å². The van der Waals surface area contributed by atoms with E-state index in [1.807, 2.05) is 0 Å². The number of halogens is 4. The van der Waals surface area contributed by atoms with Gasteiger partial charge >= 0.3 is 7.25 Å². The Bertz CT molecular complexity index is 180. The van der Waals surface area contributed by atoms with Gasteiger partial charge in [0.25, 0.3) is 0 Å². The molecule has 0 saturated carbocycles. The van der Waals surface area contributed by atoms with Crippen molar-refractivity contribution in [2.75, 3.05) is 0 Å². The summed E-state index contributed by atoms with van der Waals surface area (Å²) >= 11 is 0. The predicted octanol–water partition coefficient (Wildman–Crippen LogP) is 4.98. The Labute approximate surface area is 115 Å². The van der Waals surface area contributed by atoms with Gasteiger partial charge in [-0.2, -0.15) is 0 Å². The summed E-state index contributed by atoms with van der Waals surface area (Å²) in [5, 5.41) is 0. The molecule has 0 aromatic heterocycles. The van der Waals surface area contributed by atoms with Crippen LogP contribution >= 0.6 is 0 Å². The van der Waals surface area contributed by atoms with E-state index in [9.17, 15) is 17.3 Å². The molecule has 0 unspecified atom stereocenters. The predicted molar refractivity (Wildman–Crippen MR) is 62.5 cm³/mol. The van der Waals surface area contributed by atoms with Gasteiger partial charge in [0.2, 0.25) is 0 Å². The Morgan fingerprint density at radius 3 is 1.06 bits per heavy atom. The average molecular weight is 342 g/mol. The van der Waals surface area contributed by atoms with Crippen LogP contribution in [-0.4, -0.2) is 7.25 Å². The van der Waals surface area contributed by atoms with Crippen molar-refractivity contribution < 1.29 is 37.7 Å². The first-order chi connectivity index (χ1) is 7.41. The Morgan fingerprint density at radius 1 is 0.824 bits per heavy atom. The molecule has 1 aliphatic rings. The molecule has 0 amide bonds. The molecule has 1 radical (unpaired) electrons. The molecule has 0 heterocycles. The van der Waals surface area contributed by atoms with Crippen LogP contribution in [0.15, 0.2) is 37.0 Å². The summed E-state index contributed by atoms with van der Waals surface area (Å²) < 4.78 is 39.0. The third kappa shape index (κ3) is 49.8. The fourth-order valence-corrected chi connectivity index (χ4v) is 0.856. The molecule has 0 nitrogen and oxygen atoms in total. The van der Waals surface area contributed by atoms with Gasteiger partial charge in [0, 0.05) is 20.4 Å². The molecule has 0 fully saturated rings. The van der Waals surface area contributed by atoms with Crippen molar-refractivity contribution >= 4 is 7.25 Å². The van der Waals surface area contributed by atoms with Gasteiger partial charge in [-0.3, -0.25) is 0 Å². The van der Waals surface area contributed by atoms with Crippen LogP contribution in [0.5, 0.6) is 0 Å². The fourth-order valence-electron chi connectivity index (χ4n) is 0.856. The normalized spacial score (nSPS) is 17.5. The zero-order valence-electron chi connectivity index (χ0n) is 9.53. The molecule has 0 aromatic carbocycles. The monoisotopic (exact) mass is 342 g/mol. The summed E-state index contributed by atoms with van der Waals surface area (Å²) in [4.78, 5) is 0. The molecule has 0 saturated heterocycles. The Hall–Kier alpha value is -0.333. The quantitative estimate of drug-likeness (QED) is 0.331. The van der Waals surface area contributed by atoms with Crippen molar-refractivity contribution in [3.05, 3.63) is 43.9 Å². The SMILES string of the molecule is C1=C\CC/C=C\CC/1.F[B-](F)(F)F.[CH2]C=C.[Pd]. The second-order valence-electron chi connectivity index (χ2n) is 2.88. The molecule has 6 heteroatoms. The maximum absolute atomic E-state index is 9.75. The van der Waals surface area contributed by atoms with Crippen molar-refractivity contribution in [3.63, 3.8) is 0 Å². The van der Waals surface area contributed by atoms with Crippen molar-refractivity contribution in [3.8, 4) is 0 Å². The van der Waals surface area contributed by atoms with E-state index in [2.05, 4.69) is 37.8 Å². The van der Waals surface area contributed by atoms with Gasteiger partial charge in [0.05, 0.1) is 0 Å². The molecule has 1 aliphatic carbocycles. The first-order valence-electron chi connectivity index (χ1n) is 4.99. The van der Waals surface area contributed by atoms with Crippen LogP contribution in [0.2, 0.25) is 0 Å². The molecule has 0 spiro atoms. The van der Waals surface area contributed by atoms with Gasteiger partial charge in [-0.25, -0.2) is 0 Å². The third-order valence-corrected chi connectivity index (χ3v) is 1.33. The second-order valence-corrected chi connectivity index (χ2v) is 2.88. The van der Waals surface area contributed by atoms with Gasteiger partial charge in [0.15, 0.2) is 0 Å². The van der Waals surface area contributed by atoms with E-state index in [1.54, 1.807) is 0 Å². The van der Waals surface area contributed by atoms with Crippen LogP contribution in [0.1, 0.15) is 25.7 Å². The van der Waals surface area contributed by atoms with Crippen LogP contribution in [0.25, 0.3) is 0 Å². The minimum Gasteiger partial charge on any atom is -0.418 e. The topological polar surface area (TPSA) is 0 Å². The molecular weight excluding hydrogens is 325 g/mol. The molecule has 0 atom stereocenters. The summed E-state index contributed by atoms with van der Waals surface area (Å²) in [5.74, 6) is 0. The van der Waals surface area contributed by atoms with E-state index < -0.39 is 7.25 Å². The number of hydrogen-bond donors (Lipinski definition) is 0. The van der Waals surface area contributed by atoms with Crippen molar-refractivity contribution in [1.29, 1.82) is 0 Å². The first kappa shape index (κ1) is 21.9. The molecule has 0 aliphatic heterocycles. The summed E-state index contributed by atoms with van der Waals surface area (Å²) in [6.07, 6.45) is 15.5. The molecule has 17 heavy (non-hydrogen) atoms. The second kappa shape index (κ2) is 15.7. The zero-order valence-corrected chi connectivity index (χ0v) is 11.1. The van der Waals surface area contributed by atoms with Crippen LogP contribution < -0.4 is 0 Å². The summed E-state index contributed by atoms with van der Waals surface area (Å²) in [6, 6.07) is 0. The summed E-state index contributed by atoms with van der Waals surface area (Å²) in [7, 11) is -6.00. The smallest absolute Gasteiger partial charge is 0.418 e. The number of hydrogen-bond acceptors (Lipinski definition) is 0. The number of allylic oxidation sites excluding steroid dienone is 5. The standard InChI is InChI=1S/C8H12.C3H5.BF4.Pd/c1-2-4-6-8-7-5-3-1;1-3-2;2-1(3,4)5;/h1-2,7-8H,3-6H2;3H,1-2H2;;/q;;-1;/b2-1-,8-7-;;;. The maximum atomic E-state index is 9.75. The van der Waals surface area contributed by atoms with Gasteiger partial charge in [-0.05, 0) is 32.6 Å². The molecule has 0 aromatic rings. The fraction of sp³-hybridized carbons (Fsp3) is 0.364. The Morgan fingerprint density at radius 2 is 0.941 bits per heavy atom. The van der Waals surface area contributed by atoms with Crippen LogP contribution in [0.3, 0.4) is 0 Å². The summed E-state index contributed by atoms with van der Waals surface area (Å²) in [5.41, 5.74) is 0. The van der Waals surface area contributed by atoms with Crippen LogP contribution in [0, 0.1) is 6.92 Å².